The van der Waals surface area contributed by atoms with Gasteiger partial charge in [-0.2, -0.15) is 0 Å². The molecule has 0 aromatic heterocycles. The molecule has 0 aliphatic rings. The Morgan fingerprint density at radius 3 is 2.56 bits per heavy atom. The second-order valence-electron chi connectivity index (χ2n) is 4.31. The van der Waals surface area contributed by atoms with Gasteiger partial charge in [0, 0.05) is 0 Å². The Bertz CT molecular complexity index is 411. The molecule has 0 fully saturated rings. The fourth-order valence-electron chi connectivity index (χ4n) is 1.22. The number of benzene rings is 1. The molecule has 0 bridgehead atoms. The number of hydrogen-bond donors (Lipinski definition) is 2. The van der Waals surface area contributed by atoms with E-state index in [0.717, 1.165) is 0 Å². The molecule has 4 nitrogen and oxygen atoms in total. The number of oxime groups is 1. The van der Waals surface area contributed by atoms with Gasteiger partial charge < -0.3 is 15.7 Å². The number of halogens is 1. The lowest BCUT2D eigenvalue weighted by molar-refractivity contribution is 0.130. The zero-order valence-corrected chi connectivity index (χ0v) is 9.49. The highest BCUT2D eigenvalue weighted by molar-refractivity contribution is 5.99. The Morgan fingerprint density at radius 2 is 2.06 bits per heavy atom. The number of hydrogen-bond acceptors (Lipinski definition) is 3. The van der Waals surface area contributed by atoms with Gasteiger partial charge in [0.25, 0.3) is 0 Å². The minimum Gasteiger partial charge on any atom is -0.487 e. The molecule has 0 saturated carbocycles. The Kier molecular flexibility index (Phi) is 3.37. The topological polar surface area (TPSA) is 67.8 Å². The van der Waals surface area contributed by atoms with E-state index in [9.17, 15) is 4.39 Å². The first kappa shape index (κ1) is 12.3. The van der Waals surface area contributed by atoms with E-state index in [-0.39, 0.29) is 17.1 Å². The van der Waals surface area contributed by atoms with Gasteiger partial charge in [0.05, 0.1) is 5.56 Å². The van der Waals surface area contributed by atoms with Crippen molar-refractivity contribution in [3.05, 3.63) is 29.6 Å². The van der Waals surface area contributed by atoms with Crippen molar-refractivity contribution in [1.29, 1.82) is 0 Å². The van der Waals surface area contributed by atoms with Crippen LogP contribution in [0.3, 0.4) is 0 Å². The molecule has 0 amide bonds. The van der Waals surface area contributed by atoms with Crippen LogP contribution in [0.15, 0.2) is 23.4 Å². The fraction of sp³-hybridized carbons (Fsp3) is 0.364. The van der Waals surface area contributed by atoms with E-state index in [0.29, 0.717) is 0 Å². The monoisotopic (exact) mass is 226 g/mol. The first-order chi connectivity index (χ1) is 7.35. The summed E-state index contributed by atoms with van der Waals surface area (Å²) in [5.41, 5.74) is 4.88. The first-order valence-electron chi connectivity index (χ1n) is 4.80. The average molecular weight is 226 g/mol. The van der Waals surface area contributed by atoms with Crippen LogP contribution in [0.4, 0.5) is 4.39 Å². The first-order valence-corrected chi connectivity index (χ1v) is 4.80. The molecule has 1 aromatic rings. The Hall–Kier alpha value is -1.78. The number of rotatable bonds is 2. The van der Waals surface area contributed by atoms with Crippen molar-refractivity contribution >= 4 is 5.84 Å². The minimum atomic E-state index is -0.586. The zero-order valence-electron chi connectivity index (χ0n) is 9.49. The van der Waals surface area contributed by atoms with Gasteiger partial charge in [-0.3, -0.25) is 0 Å². The highest BCUT2D eigenvalue weighted by Crippen LogP contribution is 2.25. The molecule has 0 heterocycles. The maximum absolute atomic E-state index is 13.5. The van der Waals surface area contributed by atoms with Gasteiger partial charge in [-0.15, -0.1) is 0 Å². The summed E-state index contributed by atoms with van der Waals surface area (Å²) in [4.78, 5) is 0. The van der Waals surface area contributed by atoms with Crippen molar-refractivity contribution in [2.45, 2.75) is 26.4 Å². The van der Waals surface area contributed by atoms with Crippen LogP contribution in [0, 0.1) is 5.82 Å². The molecule has 0 aliphatic carbocycles. The second kappa shape index (κ2) is 4.38. The largest absolute Gasteiger partial charge is 0.487 e. The van der Waals surface area contributed by atoms with Crippen LogP contribution < -0.4 is 10.5 Å². The van der Waals surface area contributed by atoms with Gasteiger partial charge in [-0.1, -0.05) is 11.2 Å². The van der Waals surface area contributed by atoms with Crippen LogP contribution in [0.1, 0.15) is 26.3 Å². The summed E-state index contributed by atoms with van der Waals surface area (Å²) in [6.45, 7) is 5.48. The van der Waals surface area contributed by atoms with Crippen LogP contribution in [0.5, 0.6) is 5.75 Å². The van der Waals surface area contributed by atoms with E-state index in [4.69, 9.17) is 15.7 Å². The van der Waals surface area contributed by atoms with E-state index in [2.05, 4.69) is 5.16 Å². The van der Waals surface area contributed by atoms with E-state index in [1.807, 2.05) is 20.8 Å². The Labute approximate surface area is 93.5 Å². The van der Waals surface area contributed by atoms with Crippen LogP contribution in [-0.4, -0.2) is 16.6 Å². The van der Waals surface area contributed by atoms with Gasteiger partial charge in [-0.25, -0.2) is 4.39 Å². The lowest BCUT2D eigenvalue weighted by Gasteiger charge is -2.23. The summed E-state index contributed by atoms with van der Waals surface area (Å²) in [6, 6.07) is 4.30. The van der Waals surface area contributed by atoms with Crippen molar-refractivity contribution in [3.8, 4) is 5.75 Å². The molecular formula is C11H15FN2O2. The SMILES string of the molecule is CC(C)(C)Oc1cccc(F)c1C(N)=NO. The molecule has 0 aliphatic heterocycles. The Balaban J connectivity index is 3.24. The molecule has 0 atom stereocenters. The smallest absolute Gasteiger partial charge is 0.176 e. The fourth-order valence-corrected chi connectivity index (χ4v) is 1.22. The number of ether oxygens (including phenoxy) is 1. The van der Waals surface area contributed by atoms with Crippen molar-refractivity contribution < 1.29 is 14.3 Å². The summed E-state index contributed by atoms with van der Waals surface area (Å²) >= 11 is 0. The molecular weight excluding hydrogens is 211 g/mol. The van der Waals surface area contributed by atoms with Crippen LogP contribution in [0.2, 0.25) is 0 Å². The third kappa shape index (κ3) is 2.85. The number of nitrogens with zero attached hydrogens (tertiary/aromatic N) is 1. The van der Waals surface area contributed by atoms with Crippen LogP contribution >= 0.6 is 0 Å². The van der Waals surface area contributed by atoms with Gasteiger partial charge >= 0.3 is 0 Å². The van der Waals surface area contributed by atoms with Crippen LogP contribution in [0.25, 0.3) is 0 Å². The second-order valence-corrected chi connectivity index (χ2v) is 4.31. The van der Waals surface area contributed by atoms with Crippen molar-refractivity contribution in [3.63, 3.8) is 0 Å². The molecule has 0 saturated heterocycles. The maximum Gasteiger partial charge on any atom is 0.176 e. The molecule has 1 rings (SSSR count). The summed E-state index contributed by atoms with van der Waals surface area (Å²) in [6.07, 6.45) is 0. The number of nitrogens with two attached hydrogens (primary N) is 1. The lowest BCUT2D eigenvalue weighted by Crippen LogP contribution is -2.26. The molecule has 3 N–H and O–H groups in total. The Morgan fingerprint density at radius 1 is 1.44 bits per heavy atom. The minimum absolute atomic E-state index is 0.0278. The summed E-state index contributed by atoms with van der Waals surface area (Å²) in [7, 11) is 0. The third-order valence-electron chi connectivity index (χ3n) is 1.76. The zero-order chi connectivity index (χ0) is 12.3. The van der Waals surface area contributed by atoms with Crippen molar-refractivity contribution in [2.75, 3.05) is 0 Å². The predicted molar refractivity (Wildman–Crippen MR) is 59.3 cm³/mol. The molecule has 1 aromatic carbocycles. The standard InChI is InChI=1S/C11H15FN2O2/c1-11(2,3)16-8-6-4-5-7(12)9(8)10(13)14-15/h4-6,15H,1-3H3,(H2,13,14). The molecule has 0 radical (unpaired) electrons. The number of amidine groups is 1. The molecule has 0 unspecified atom stereocenters. The van der Waals surface area contributed by atoms with Gasteiger partial charge in [-0.05, 0) is 32.9 Å². The average Bonchev–Trinajstić information content (AvgIpc) is 2.14. The van der Waals surface area contributed by atoms with Gasteiger partial charge in [0.2, 0.25) is 0 Å². The maximum atomic E-state index is 13.5. The molecule has 0 spiro atoms. The third-order valence-corrected chi connectivity index (χ3v) is 1.76. The summed E-state index contributed by atoms with van der Waals surface area (Å²) in [5, 5.41) is 11.4. The van der Waals surface area contributed by atoms with Crippen molar-refractivity contribution in [2.24, 2.45) is 10.9 Å². The highest BCUT2D eigenvalue weighted by atomic mass is 19.1. The summed E-state index contributed by atoms with van der Waals surface area (Å²) in [5.74, 6) is -0.641. The van der Waals surface area contributed by atoms with E-state index in [1.165, 1.54) is 12.1 Å². The lowest BCUT2D eigenvalue weighted by atomic mass is 10.1. The predicted octanol–water partition coefficient (Wildman–Crippen LogP) is 2.10. The van der Waals surface area contributed by atoms with Gasteiger partial charge in [0.1, 0.15) is 17.2 Å². The molecule has 16 heavy (non-hydrogen) atoms. The van der Waals surface area contributed by atoms with E-state index < -0.39 is 11.4 Å². The highest BCUT2D eigenvalue weighted by Gasteiger charge is 2.19. The van der Waals surface area contributed by atoms with Crippen LogP contribution in [-0.2, 0) is 0 Å². The van der Waals surface area contributed by atoms with E-state index in [1.54, 1.807) is 6.07 Å². The molecule has 5 heteroatoms. The van der Waals surface area contributed by atoms with Crippen molar-refractivity contribution in [1.82, 2.24) is 0 Å². The quantitative estimate of drug-likeness (QED) is 0.351. The normalized spacial score (nSPS) is 12.6. The van der Waals surface area contributed by atoms with E-state index >= 15 is 0 Å². The summed E-state index contributed by atoms with van der Waals surface area (Å²) < 4.78 is 19.0. The molecule has 88 valence electrons. The van der Waals surface area contributed by atoms with Gasteiger partial charge in [0.15, 0.2) is 5.84 Å².